The van der Waals surface area contributed by atoms with E-state index < -0.39 is 47.8 Å². The second-order valence-corrected chi connectivity index (χ2v) is 13.5. The van der Waals surface area contributed by atoms with Crippen LogP contribution in [0.5, 0.6) is 0 Å². The van der Waals surface area contributed by atoms with Crippen LogP contribution in [0.25, 0.3) is 13.2 Å². The molecule has 19 nitrogen and oxygen atoms in total. The van der Waals surface area contributed by atoms with Gasteiger partial charge in [0.15, 0.2) is 11.6 Å². The number of nitrogens with zero attached hydrogens (tertiary/aromatic N) is 1. The maximum absolute atomic E-state index is 10.3. The van der Waals surface area contributed by atoms with Gasteiger partial charge in [-0.15, -0.1) is 13.2 Å². The number of cyclic esters (lactones) is 2. The highest BCUT2D eigenvalue weighted by Crippen LogP contribution is 1.98. The van der Waals surface area contributed by atoms with Crippen molar-refractivity contribution in [2.24, 2.45) is 0 Å². The van der Waals surface area contributed by atoms with Crippen LogP contribution in [0.1, 0.15) is 46.5 Å². The first-order chi connectivity index (χ1) is 38.8. The van der Waals surface area contributed by atoms with Gasteiger partial charge in [0.25, 0.3) is 0 Å². The minimum absolute atomic E-state index is 0.121. The van der Waals surface area contributed by atoms with Crippen LogP contribution in [0, 0.1) is 23.2 Å². The van der Waals surface area contributed by atoms with Crippen LogP contribution in [-0.2, 0) is 85.9 Å². The molecule has 0 fully saturated rings. The lowest BCUT2D eigenvalue weighted by Gasteiger charge is -1.89. The maximum atomic E-state index is 10.3. The van der Waals surface area contributed by atoms with Crippen LogP contribution in [0.15, 0.2) is 197 Å². The Kier molecular flexibility index (Phi) is 75.5. The summed E-state index contributed by atoms with van der Waals surface area (Å²) in [6.07, 6.45) is 33.5. The van der Waals surface area contributed by atoms with Gasteiger partial charge in [0.2, 0.25) is 0 Å². The van der Waals surface area contributed by atoms with Gasteiger partial charge in [0, 0.05) is 60.8 Å². The molecule has 19 heteroatoms. The van der Waals surface area contributed by atoms with Gasteiger partial charge in [0.1, 0.15) is 5.78 Å². The SMILES string of the molecule is C1=CCCC=C1.C=CC#N.C=CC(=C)C.C=CC=C.C=CCC=C.C=c1ccccc1=C.CCC(C)=O.COC(=O)/C=C/C(=O)OC.COC(=O)/C=C\C(=O)OC.COC(=O)C#CC(=O)OC.O=C1C=CC(=O)C=C1.O=C1C=CC(=O)O1. The summed E-state index contributed by atoms with van der Waals surface area (Å²) >= 11 is 0. The fourth-order valence-electron chi connectivity index (χ4n) is 2.71. The van der Waals surface area contributed by atoms with Gasteiger partial charge < -0.3 is 38.0 Å². The van der Waals surface area contributed by atoms with E-state index in [0.717, 1.165) is 58.9 Å². The molecule has 0 saturated heterocycles. The Morgan fingerprint density at radius 3 is 0.963 bits per heavy atom. The molecule has 0 N–H and O–H groups in total. The number of hydrogen-bond acceptors (Lipinski definition) is 19. The summed E-state index contributed by atoms with van der Waals surface area (Å²) in [6, 6.07) is 9.50. The minimum atomic E-state index is -0.759. The normalized spacial score (nSPS) is 10.3. The van der Waals surface area contributed by atoms with Gasteiger partial charge in [-0.2, -0.15) is 5.26 Å². The molecule has 3 aliphatic rings. The number of hydrogen-bond donors (Lipinski definition) is 0. The molecule has 0 amide bonds. The Labute approximate surface area is 482 Å². The van der Waals surface area contributed by atoms with E-state index in [1.807, 2.05) is 62.1 Å². The Hall–Kier alpha value is -10.7. The van der Waals surface area contributed by atoms with Crippen molar-refractivity contribution in [2.75, 3.05) is 42.7 Å². The number of esters is 8. The zero-order valence-electron chi connectivity index (χ0n) is 48.3. The van der Waals surface area contributed by atoms with Gasteiger partial charge in [-0.25, -0.2) is 38.4 Å². The highest BCUT2D eigenvalue weighted by Gasteiger charge is 2.10. The fraction of sp³-hybridized carbons (Fsp3) is 0.206. The van der Waals surface area contributed by atoms with E-state index in [0.29, 0.717) is 6.42 Å². The number of nitriles is 1. The van der Waals surface area contributed by atoms with Crippen molar-refractivity contribution in [2.45, 2.75) is 46.5 Å². The van der Waals surface area contributed by atoms with E-state index in [1.165, 1.54) is 85.9 Å². The van der Waals surface area contributed by atoms with Crippen molar-refractivity contribution in [3.63, 3.8) is 0 Å². The predicted octanol–water partition coefficient (Wildman–Crippen LogP) is 7.93. The highest BCUT2D eigenvalue weighted by atomic mass is 16.6. The molecule has 0 aromatic heterocycles. The minimum Gasteiger partial charge on any atom is -0.466 e. The standard InChI is InChI=1S/C8H8.2C6H8O4.C6H6O4.C6H4O2.C6H8.2C5H8.C4H2O3.C4H8O.C4H6.C3H3N/c1-7-5-3-4-6-8(7)2;3*1-9-5(7)3-4-6(8)10-2;7-5-1-2-6(8)4-3-5;1-2-4-6-5-3-1;1-4-5(2)3;1-3-5-4-2;5-3-1-2-4(6)7-3;1-3-4(2)5;1-3-4-2;1-2-3-4/h3-6H,1-2H2;2*3-4H,1-2H3;1-2H3;1-4H;1-4H,5-6H2;4H,1-2H2,3H3;3-4H,1-2,5H2;1-2H;3H2,1-2H3;3-4H,1-2H2;2H,1H2/b;4-3+;4-3-;;;;;;;;;. The number of Topliss-reactive ketones (excluding diaryl/α,β-unsaturated/α-hetero) is 1. The summed E-state index contributed by atoms with van der Waals surface area (Å²) in [7, 11) is 7.25. The first kappa shape index (κ1) is 88.0. The van der Waals surface area contributed by atoms with Gasteiger partial charge in [0.05, 0.1) is 48.7 Å². The zero-order chi connectivity index (χ0) is 65.0. The van der Waals surface area contributed by atoms with Crippen molar-refractivity contribution >= 4 is 78.3 Å². The van der Waals surface area contributed by atoms with Crippen LogP contribution in [0.2, 0.25) is 0 Å². The first-order valence-corrected chi connectivity index (χ1v) is 23.3. The zero-order valence-corrected chi connectivity index (χ0v) is 48.3. The number of methoxy groups -OCH3 is 6. The number of rotatable bonds is 9. The third-order valence-electron chi connectivity index (χ3n) is 6.97. The van der Waals surface area contributed by atoms with Gasteiger partial charge in [-0.05, 0) is 67.9 Å². The molecule has 1 aliphatic heterocycles. The molecule has 442 valence electrons. The van der Waals surface area contributed by atoms with Crippen LogP contribution < -0.4 is 10.4 Å². The highest BCUT2D eigenvalue weighted by molar-refractivity contribution is 6.14. The number of carbonyl (C=O) groups is 11. The largest absolute Gasteiger partial charge is 0.466 e. The van der Waals surface area contributed by atoms with Crippen molar-refractivity contribution in [1.29, 1.82) is 5.26 Å². The second-order valence-electron chi connectivity index (χ2n) is 13.5. The lowest BCUT2D eigenvalue weighted by Crippen LogP contribution is -2.19. The molecule has 0 bridgehead atoms. The van der Waals surface area contributed by atoms with Crippen LogP contribution in [0.3, 0.4) is 0 Å². The molecule has 4 rings (SSSR count). The van der Waals surface area contributed by atoms with E-state index in [4.69, 9.17) is 5.26 Å². The average molecular weight is 1140 g/mol. The van der Waals surface area contributed by atoms with E-state index in [1.54, 1.807) is 31.2 Å². The molecule has 0 atom stereocenters. The van der Waals surface area contributed by atoms with Crippen molar-refractivity contribution in [1.82, 2.24) is 0 Å². The topological polar surface area (TPSA) is 276 Å². The lowest BCUT2D eigenvalue weighted by atomic mass is 10.2. The molecular weight excluding hydrogens is 1060 g/mol. The molecule has 2 aliphatic carbocycles. The first-order valence-electron chi connectivity index (χ1n) is 23.3. The Morgan fingerprint density at radius 1 is 0.561 bits per heavy atom. The smallest absolute Gasteiger partial charge is 0.384 e. The average Bonchev–Trinajstić information content (AvgIpc) is 3.89. The van der Waals surface area contributed by atoms with Gasteiger partial charge in [-0.3, -0.25) is 9.59 Å². The summed E-state index contributed by atoms with van der Waals surface area (Å²) in [6.45, 7) is 36.7. The summed E-state index contributed by atoms with van der Waals surface area (Å²) in [5, 5.41) is 9.52. The Morgan fingerprint density at radius 2 is 0.841 bits per heavy atom. The number of benzene rings is 1. The molecule has 0 unspecified atom stereocenters. The molecule has 0 radical (unpaired) electrons. The third-order valence-corrected chi connectivity index (χ3v) is 6.97. The van der Waals surface area contributed by atoms with Crippen LogP contribution in [-0.4, -0.2) is 108 Å². The van der Waals surface area contributed by atoms with E-state index >= 15 is 0 Å². The van der Waals surface area contributed by atoms with Crippen molar-refractivity contribution in [3.05, 3.63) is 208 Å². The molecule has 0 saturated carbocycles. The quantitative estimate of drug-likeness (QED) is 0.0217. The number of ketones is 3. The van der Waals surface area contributed by atoms with E-state index in [9.17, 15) is 52.7 Å². The van der Waals surface area contributed by atoms with Gasteiger partial charge in [-0.1, -0.05) is 137 Å². The molecule has 1 aromatic carbocycles. The van der Waals surface area contributed by atoms with Crippen LogP contribution in [0.4, 0.5) is 0 Å². The lowest BCUT2D eigenvalue weighted by molar-refractivity contribution is -0.150. The molecule has 82 heavy (non-hydrogen) atoms. The molecule has 1 aromatic rings. The van der Waals surface area contributed by atoms with Crippen LogP contribution >= 0.6 is 0 Å². The Balaban J connectivity index is -0.000000123. The monoisotopic (exact) mass is 1140 g/mol. The number of ether oxygens (including phenoxy) is 7. The summed E-state index contributed by atoms with van der Waals surface area (Å²) in [4.78, 5) is 112. The van der Waals surface area contributed by atoms with E-state index in [-0.39, 0.29) is 17.3 Å². The summed E-state index contributed by atoms with van der Waals surface area (Å²) in [5.74, 6) is -1.18. The Bertz CT molecular complexity index is 2440. The fourth-order valence-corrected chi connectivity index (χ4v) is 2.71. The van der Waals surface area contributed by atoms with E-state index in [2.05, 4.69) is 117 Å². The van der Waals surface area contributed by atoms with Crippen molar-refractivity contribution < 1.29 is 85.9 Å². The number of allylic oxidation sites excluding steroid dienone is 15. The van der Waals surface area contributed by atoms with Crippen molar-refractivity contribution in [3.8, 4) is 17.9 Å². The third kappa shape index (κ3) is 88.9. The molecular formula is C63H77NO18. The second kappa shape index (κ2) is 70.3. The summed E-state index contributed by atoms with van der Waals surface area (Å²) in [5.41, 5.74) is 1.02. The predicted molar refractivity (Wildman–Crippen MR) is 318 cm³/mol. The molecule has 0 spiro atoms. The van der Waals surface area contributed by atoms with Gasteiger partial charge >= 0.3 is 47.8 Å². The maximum Gasteiger partial charge on any atom is 0.384 e. The number of carbonyl (C=O) groups excluding carboxylic acids is 11. The summed E-state index contributed by atoms with van der Waals surface area (Å²) < 4.78 is 29.1. The molecule has 1 heterocycles.